The fraction of sp³-hybridized carbons (Fsp3) is 0.318. The monoisotopic (exact) mass is 351 g/mol. The number of benzene rings is 2. The molecule has 1 aliphatic rings. The Morgan fingerprint density at radius 2 is 1.88 bits per heavy atom. The number of carbonyl (C=O) groups excluding carboxylic acids is 1. The molecule has 0 saturated carbocycles. The molecule has 1 saturated heterocycles. The Labute approximate surface area is 155 Å². The normalized spacial score (nSPS) is 16.7. The highest BCUT2D eigenvalue weighted by atomic mass is 16.5. The molecule has 0 amide bonds. The second kappa shape index (κ2) is 8.19. The zero-order chi connectivity index (χ0) is 18.5. The van der Waals surface area contributed by atoms with Gasteiger partial charge in [-0.2, -0.15) is 0 Å². The third kappa shape index (κ3) is 4.52. The summed E-state index contributed by atoms with van der Waals surface area (Å²) in [5, 5.41) is 0. The molecule has 1 heterocycles. The highest BCUT2D eigenvalue weighted by Crippen LogP contribution is 2.30. The van der Waals surface area contributed by atoms with Crippen molar-refractivity contribution in [2.24, 2.45) is 0 Å². The molecule has 0 radical (unpaired) electrons. The topological polar surface area (TPSA) is 38.8 Å². The van der Waals surface area contributed by atoms with E-state index in [9.17, 15) is 4.79 Å². The number of aryl methyl sites for hydroxylation is 1. The van der Waals surface area contributed by atoms with Gasteiger partial charge in [0.05, 0.1) is 7.11 Å². The quantitative estimate of drug-likeness (QED) is 0.767. The fourth-order valence-corrected chi connectivity index (χ4v) is 2.98. The minimum absolute atomic E-state index is 0.224. The van der Waals surface area contributed by atoms with E-state index in [4.69, 9.17) is 9.47 Å². The predicted molar refractivity (Wildman–Crippen MR) is 104 cm³/mol. The maximum absolute atomic E-state index is 12.1. The van der Waals surface area contributed by atoms with Crippen molar-refractivity contribution in [3.63, 3.8) is 0 Å². The molecule has 26 heavy (non-hydrogen) atoms. The minimum Gasteiger partial charge on any atom is -0.493 e. The summed E-state index contributed by atoms with van der Waals surface area (Å²) in [4.78, 5) is 14.3. The van der Waals surface area contributed by atoms with Crippen LogP contribution in [0.5, 0.6) is 11.5 Å². The van der Waals surface area contributed by atoms with Crippen LogP contribution in [0.25, 0.3) is 6.08 Å². The van der Waals surface area contributed by atoms with E-state index in [0.29, 0.717) is 31.1 Å². The van der Waals surface area contributed by atoms with Crippen LogP contribution in [-0.2, 0) is 11.4 Å². The average Bonchev–Trinajstić information content (AvgIpc) is 2.65. The summed E-state index contributed by atoms with van der Waals surface area (Å²) in [6.45, 7) is 4.06. The van der Waals surface area contributed by atoms with Crippen LogP contribution < -0.4 is 9.47 Å². The van der Waals surface area contributed by atoms with Crippen molar-refractivity contribution >= 4 is 11.9 Å². The molecule has 4 heteroatoms. The first kappa shape index (κ1) is 18.2. The molecule has 2 aromatic carbocycles. The largest absolute Gasteiger partial charge is 0.493 e. The molecular weight excluding hydrogens is 326 g/mol. The summed E-state index contributed by atoms with van der Waals surface area (Å²) in [7, 11) is 3.66. The summed E-state index contributed by atoms with van der Waals surface area (Å²) in [6, 6.07) is 14.0. The second-order valence-corrected chi connectivity index (χ2v) is 6.77. The summed E-state index contributed by atoms with van der Waals surface area (Å²) >= 11 is 0. The van der Waals surface area contributed by atoms with Crippen LogP contribution in [0.3, 0.4) is 0 Å². The van der Waals surface area contributed by atoms with Crippen LogP contribution in [0.15, 0.2) is 48.0 Å². The number of hydrogen-bond acceptors (Lipinski definition) is 4. The van der Waals surface area contributed by atoms with E-state index >= 15 is 0 Å². The van der Waals surface area contributed by atoms with Crippen molar-refractivity contribution in [1.82, 2.24) is 4.90 Å². The Morgan fingerprint density at radius 3 is 2.62 bits per heavy atom. The van der Waals surface area contributed by atoms with Gasteiger partial charge in [0.25, 0.3) is 0 Å². The zero-order valence-electron chi connectivity index (χ0n) is 15.6. The summed E-state index contributed by atoms with van der Waals surface area (Å²) in [6.07, 6.45) is 2.53. The first-order valence-electron chi connectivity index (χ1n) is 8.84. The van der Waals surface area contributed by atoms with Crippen LogP contribution in [0.1, 0.15) is 23.1 Å². The molecule has 1 aliphatic heterocycles. The summed E-state index contributed by atoms with van der Waals surface area (Å²) in [5.41, 5.74) is 4.13. The molecule has 3 rings (SSSR count). The van der Waals surface area contributed by atoms with Crippen molar-refractivity contribution in [3.05, 3.63) is 64.7 Å². The van der Waals surface area contributed by atoms with Crippen molar-refractivity contribution in [3.8, 4) is 11.5 Å². The van der Waals surface area contributed by atoms with Gasteiger partial charge in [0, 0.05) is 25.1 Å². The smallest absolute Gasteiger partial charge is 0.161 e. The number of Topliss-reactive ketones (excluding diaryl/α,β-unsaturated/α-hetero) is 1. The molecule has 2 aromatic rings. The van der Waals surface area contributed by atoms with E-state index in [2.05, 4.69) is 36.1 Å². The molecule has 0 atom stereocenters. The fourth-order valence-electron chi connectivity index (χ4n) is 2.98. The van der Waals surface area contributed by atoms with E-state index < -0.39 is 0 Å². The molecule has 0 N–H and O–H groups in total. The van der Waals surface area contributed by atoms with Gasteiger partial charge in [-0.05, 0) is 43.3 Å². The number of piperidine rings is 1. The lowest BCUT2D eigenvalue weighted by Crippen LogP contribution is -2.32. The van der Waals surface area contributed by atoms with Gasteiger partial charge < -0.3 is 14.4 Å². The Kier molecular flexibility index (Phi) is 5.74. The van der Waals surface area contributed by atoms with Gasteiger partial charge in [-0.15, -0.1) is 0 Å². The molecule has 136 valence electrons. The SMILES string of the molecule is COc1cc(/C=C2\CN(C)CCC2=O)ccc1OCc1ccc(C)cc1. The summed E-state index contributed by atoms with van der Waals surface area (Å²) in [5.74, 6) is 1.59. The third-order valence-corrected chi connectivity index (χ3v) is 4.56. The van der Waals surface area contributed by atoms with Gasteiger partial charge in [0.15, 0.2) is 17.3 Å². The first-order chi connectivity index (χ1) is 12.5. The Morgan fingerprint density at radius 1 is 1.12 bits per heavy atom. The minimum atomic E-state index is 0.224. The Bertz CT molecular complexity index is 809. The van der Waals surface area contributed by atoms with Crippen LogP contribution in [0.4, 0.5) is 0 Å². The average molecular weight is 351 g/mol. The predicted octanol–water partition coefficient (Wildman–Crippen LogP) is 3.87. The number of methoxy groups -OCH3 is 1. The van der Waals surface area contributed by atoms with E-state index in [0.717, 1.165) is 23.2 Å². The van der Waals surface area contributed by atoms with E-state index in [1.807, 2.05) is 31.3 Å². The van der Waals surface area contributed by atoms with Gasteiger partial charge in [0.1, 0.15) is 6.61 Å². The maximum atomic E-state index is 12.1. The van der Waals surface area contributed by atoms with Crippen LogP contribution in [0, 0.1) is 6.92 Å². The number of rotatable bonds is 5. The Hall–Kier alpha value is -2.59. The second-order valence-electron chi connectivity index (χ2n) is 6.77. The van der Waals surface area contributed by atoms with E-state index in [1.54, 1.807) is 7.11 Å². The van der Waals surface area contributed by atoms with Crippen molar-refractivity contribution in [2.75, 3.05) is 27.2 Å². The first-order valence-corrected chi connectivity index (χ1v) is 8.84. The van der Waals surface area contributed by atoms with Gasteiger partial charge in [-0.3, -0.25) is 4.79 Å². The van der Waals surface area contributed by atoms with Gasteiger partial charge in [-0.1, -0.05) is 35.9 Å². The lowest BCUT2D eigenvalue weighted by atomic mass is 10.0. The van der Waals surface area contributed by atoms with Crippen LogP contribution in [-0.4, -0.2) is 37.9 Å². The lowest BCUT2D eigenvalue weighted by Gasteiger charge is -2.23. The van der Waals surface area contributed by atoms with Crippen molar-refractivity contribution in [2.45, 2.75) is 20.0 Å². The molecule has 4 nitrogen and oxygen atoms in total. The van der Waals surface area contributed by atoms with E-state index in [1.165, 1.54) is 5.56 Å². The third-order valence-electron chi connectivity index (χ3n) is 4.56. The zero-order valence-corrected chi connectivity index (χ0v) is 15.6. The number of likely N-dealkylation sites (tertiary alicyclic amines) is 1. The number of nitrogens with zero attached hydrogens (tertiary/aromatic N) is 1. The number of ether oxygens (including phenoxy) is 2. The molecule has 0 aliphatic carbocycles. The number of likely N-dealkylation sites (N-methyl/N-ethyl adjacent to an activating group) is 1. The molecule has 0 spiro atoms. The van der Waals surface area contributed by atoms with Gasteiger partial charge in [0.2, 0.25) is 0 Å². The molecular formula is C22H25NO3. The molecule has 0 unspecified atom stereocenters. The highest BCUT2D eigenvalue weighted by Gasteiger charge is 2.18. The highest BCUT2D eigenvalue weighted by molar-refractivity contribution is 6.00. The number of hydrogen-bond donors (Lipinski definition) is 0. The number of carbonyl (C=O) groups is 1. The molecule has 0 bridgehead atoms. The Balaban J connectivity index is 1.75. The maximum Gasteiger partial charge on any atom is 0.161 e. The van der Waals surface area contributed by atoms with Crippen LogP contribution >= 0.6 is 0 Å². The van der Waals surface area contributed by atoms with Gasteiger partial charge >= 0.3 is 0 Å². The van der Waals surface area contributed by atoms with Crippen LogP contribution in [0.2, 0.25) is 0 Å². The number of ketones is 1. The summed E-state index contributed by atoms with van der Waals surface area (Å²) < 4.78 is 11.4. The standard InChI is InChI=1S/C22H25NO3/c1-16-4-6-17(7-5-16)15-26-21-9-8-18(13-22(21)25-3)12-19-14-23(2)11-10-20(19)24/h4-9,12-13H,10-11,14-15H2,1-3H3/b19-12+. The van der Waals surface area contributed by atoms with Crippen molar-refractivity contribution < 1.29 is 14.3 Å². The molecule has 1 fully saturated rings. The van der Waals surface area contributed by atoms with Gasteiger partial charge in [-0.25, -0.2) is 0 Å². The van der Waals surface area contributed by atoms with E-state index in [-0.39, 0.29) is 5.78 Å². The lowest BCUT2D eigenvalue weighted by molar-refractivity contribution is -0.117. The molecule has 0 aromatic heterocycles. The van der Waals surface area contributed by atoms with Crippen molar-refractivity contribution in [1.29, 1.82) is 0 Å².